The molecule has 1 aliphatic heterocycles. The summed E-state index contributed by atoms with van der Waals surface area (Å²) in [4.78, 5) is 13.2. The Labute approximate surface area is 93.4 Å². The molecule has 1 atom stereocenters. The summed E-state index contributed by atoms with van der Waals surface area (Å²) in [6.07, 6.45) is 0.522. The number of carbonyl (C=O) groups excluding carboxylic acids is 1. The van der Waals surface area contributed by atoms with Crippen molar-refractivity contribution in [2.45, 2.75) is 6.42 Å². The van der Waals surface area contributed by atoms with Gasteiger partial charge in [0.2, 0.25) is 11.0 Å². The molecular weight excluding hydrogens is 268 g/mol. The lowest BCUT2D eigenvalue weighted by Gasteiger charge is -2.10. The number of halogens is 1. The molecule has 7 heteroatoms. The molecule has 2 rings (SSSR count). The van der Waals surface area contributed by atoms with Gasteiger partial charge in [-0.25, -0.2) is 0 Å². The van der Waals surface area contributed by atoms with Crippen LogP contribution in [0.4, 0.5) is 5.13 Å². The Bertz CT molecular complexity index is 355. The molecule has 0 aromatic carbocycles. The van der Waals surface area contributed by atoms with Crippen molar-refractivity contribution in [2.24, 2.45) is 11.7 Å². The Hall–Kier alpha value is -0.530. The average molecular weight is 277 g/mol. The van der Waals surface area contributed by atoms with Crippen molar-refractivity contribution >= 4 is 38.3 Å². The molecular formula is C7H9BrN4OS. The lowest BCUT2D eigenvalue weighted by molar-refractivity contribution is -0.117. The van der Waals surface area contributed by atoms with Gasteiger partial charge in [0, 0.05) is 13.0 Å². The third-order valence-electron chi connectivity index (χ3n) is 2.16. The predicted molar refractivity (Wildman–Crippen MR) is 57.1 cm³/mol. The number of anilines is 1. The van der Waals surface area contributed by atoms with Crippen LogP contribution in [0.2, 0.25) is 0 Å². The van der Waals surface area contributed by atoms with Crippen LogP contribution < -0.4 is 10.6 Å². The standard InChI is InChI=1S/C7H9BrN4OS/c8-6-10-11-7(14-6)12-3-4(2-9)1-5(12)13/h4H,1-3,9H2. The van der Waals surface area contributed by atoms with Crippen molar-refractivity contribution < 1.29 is 4.79 Å². The molecule has 2 N–H and O–H groups in total. The van der Waals surface area contributed by atoms with Crippen LogP contribution in [0.3, 0.4) is 0 Å². The van der Waals surface area contributed by atoms with Gasteiger partial charge >= 0.3 is 0 Å². The van der Waals surface area contributed by atoms with Gasteiger partial charge in [-0.15, -0.1) is 10.2 Å². The van der Waals surface area contributed by atoms with Gasteiger partial charge in [-0.05, 0) is 28.4 Å². The van der Waals surface area contributed by atoms with Crippen LogP contribution in [0.15, 0.2) is 3.92 Å². The number of hydrogen-bond acceptors (Lipinski definition) is 5. The van der Waals surface area contributed by atoms with Gasteiger partial charge < -0.3 is 5.73 Å². The van der Waals surface area contributed by atoms with E-state index in [0.717, 1.165) is 0 Å². The van der Waals surface area contributed by atoms with Gasteiger partial charge in [-0.2, -0.15) is 0 Å². The molecule has 1 aromatic rings. The lowest BCUT2D eigenvalue weighted by Crippen LogP contribution is -2.25. The van der Waals surface area contributed by atoms with Crippen LogP contribution >= 0.6 is 27.3 Å². The Morgan fingerprint density at radius 3 is 2.93 bits per heavy atom. The second-order valence-electron chi connectivity index (χ2n) is 3.15. The predicted octanol–water partition coefficient (Wildman–Crippen LogP) is 0.612. The molecule has 1 aliphatic rings. The minimum atomic E-state index is 0.0871. The van der Waals surface area contributed by atoms with Crippen LogP contribution in [-0.4, -0.2) is 29.2 Å². The summed E-state index contributed by atoms with van der Waals surface area (Å²) in [7, 11) is 0. The third kappa shape index (κ3) is 1.79. The number of nitrogens with zero attached hydrogens (tertiary/aromatic N) is 3. The first-order chi connectivity index (χ1) is 6.70. The summed E-state index contributed by atoms with van der Waals surface area (Å²) in [5, 5.41) is 8.36. The maximum Gasteiger partial charge on any atom is 0.229 e. The Morgan fingerprint density at radius 1 is 1.64 bits per heavy atom. The van der Waals surface area contributed by atoms with Crippen LogP contribution in [0, 0.1) is 5.92 Å². The van der Waals surface area contributed by atoms with E-state index in [1.165, 1.54) is 11.3 Å². The van der Waals surface area contributed by atoms with E-state index in [4.69, 9.17) is 5.73 Å². The van der Waals surface area contributed by atoms with E-state index < -0.39 is 0 Å². The number of carbonyl (C=O) groups is 1. The second-order valence-corrected chi connectivity index (χ2v) is 5.38. The third-order valence-corrected chi connectivity index (χ3v) is 3.54. The largest absolute Gasteiger partial charge is 0.330 e. The molecule has 0 spiro atoms. The monoisotopic (exact) mass is 276 g/mol. The minimum Gasteiger partial charge on any atom is -0.330 e. The van der Waals surface area contributed by atoms with Crippen LogP contribution in [0.25, 0.3) is 0 Å². The highest BCUT2D eigenvalue weighted by atomic mass is 79.9. The molecule has 76 valence electrons. The van der Waals surface area contributed by atoms with Gasteiger partial charge in [-0.1, -0.05) is 11.3 Å². The summed E-state index contributed by atoms with van der Waals surface area (Å²) >= 11 is 4.57. The van der Waals surface area contributed by atoms with E-state index in [0.29, 0.717) is 28.6 Å². The first kappa shape index (κ1) is 10.0. The van der Waals surface area contributed by atoms with Crippen molar-refractivity contribution in [1.29, 1.82) is 0 Å². The second kappa shape index (κ2) is 3.92. The molecule has 1 aromatic heterocycles. The lowest BCUT2D eigenvalue weighted by atomic mass is 10.1. The zero-order valence-electron chi connectivity index (χ0n) is 7.31. The average Bonchev–Trinajstić information content (AvgIpc) is 2.71. The molecule has 0 saturated carbocycles. The van der Waals surface area contributed by atoms with E-state index in [1.807, 2.05) is 0 Å². The van der Waals surface area contributed by atoms with Crippen molar-refractivity contribution in [3.63, 3.8) is 0 Å². The normalized spacial score (nSPS) is 22.0. The van der Waals surface area contributed by atoms with Crippen molar-refractivity contribution in [3.8, 4) is 0 Å². The summed E-state index contributed by atoms with van der Waals surface area (Å²) in [5.74, 6) is 0.342. The number of hydrogen-bond donors (Lipinski definition) is 1. The van der Waals surface area contributed by atoms with Gasteiger partial charge in [0.05, 0.1) is 0 Å². The fraction of sp³-hybridized carbons (Fsp3) is 0.571. The maximum atomic E-state index is 11.5. The SMILES string of the molecule is NCC1CC(=O)N(c2nnc(Br)s2)C1. The molecule has 0 bridgehead atoms. The number of nitrogens with two attached hydrogens (primary N) is 1. The first-order valence-electron chi connectivity index (χ1n) is 4.20. The van der Waals surface area contributed by atoms with Crippen molar-refractivity contribution in [2.75, 3.05) is 18.0 Å². The van der Waals surface area contributed by atoms with E-state index >= 15 is 0 Å². The number of aromatic nitrogens is 2. The maximum absolute atomic E-state index is 11.5. The number of amides is 1. The molecule has 1 unspecified atom stereocenters. The molecule has 1 fully saturated rings. The van der Waals surface area contributed by atoms with E-state index in [2.05, 4.69) is 26.1 Å². The first-order valence-corrected chi connectivity index (χ1v) is 5.81. The molecule has 0 radical (unpaired) electrons. The van der Waals surface area contributed by atoms with Crippen LogP contribution in [-0.2, 0) is 4.79 Å². The Morgan fingerprint density at radius 2 is 2.43 bits per heavy atom. The zero-order chi connectivity index (χ0) is 10.1. The highest BCUT2D eigenvalue weighted by Gasteiger charge is 2.31. The van der Waals surface area contributed by atoms with Gasteiger partial charge in [-0.3, -0.25) is 9.69 Å². The summed E-state index contributed by atoms with van der Waals surface area (Å²) in [5.41, 5.74) is 5.52. The molecule has 14 heavy (non-hydrogen) atoms. The smallest absolute Gasteiger partial charge is 0.229 e. The molecule has 0 aliphatic carbocycles. The van der Waals surface area contributed by atoms with Crippen molar-refractivity contribution in [1.82, 2.24) is 10.2 Å². The van der Waals surface area contributed by atoms with E-state index in [9.17, 15) is 4.79 Å². The van der Waals surface area contributed by atoms with Gasteiger partial charge in [0.15, 0.2) is 3.92 Å². The highest BCUT2D eigenvalue weighted by Crippen LogP contribution is 2.29. The summed E-state index contributed by atoms with van der Waals surface area (Å²) in [6, 6.07) is 0. The molecule has 5 nitrogen and oxygen atoms in total. The topological polar surface area (TPSA) is 72.1 Å². The Kier molecular flexibility index (Phi) is 2.80. The fourth-order valence-corrected chi connectivity index (χ4v) is 2.55. The molecule has 1 saturated heterocycles. The van der Waals surface area contributed by atoms with E-state index in [1.54, 1.807) is 4.90 Å². The van der Waals surface area contributed by atoms with Crippen LogP contribution in [0.5, 0.6) is 0 Å². The highest BCUT2D eigenvalue weighted by molar-refractivity contribution is 9.11. The van der Waals surface area contributed by atoms with Crippen LogP contribution in [0.1, 0.15) is 6.42 Å². The van der Waals surface area contributed by atoms with Gasteiger partial charge in [0.25, 0.3) is 0 Å². The molecule has 1 amide bonds. The molecule has 2 heterocycles. The van der Waals surface area contributed by atoms with Gasteiger partial charge in [0.1, 0.15) is 0 Å². The van der Waals surface area contributed by atoms with E-state index in [-0.39, 0.29) is 11.8 Å². The fourth-order valence-electron chi connectivity index (χ4n) is 1.43. The summed E-state index contributed by atoms with van der Waals surface area (Å²) in [6.45, 7) is 1.21. The minimum absolute atomic E-state index is 0.0871. The quantitative estimate of drug-likeness (QED) is 0.859. The zero-order valence-corrected chi connectivity index (χ0v) is 9.71. The van der Waals surface area contributed by atoms with Crippen molar-refractivity contribution in [3.05, 3.63) is 3.92 Å². The number of rotatable bonds is 2. The Balaban J connectivity index is 2.16. The summed E-state index contributed by atoms with van der Waals surface area (Å²) < 4.78 is 0.691.